The second-order valence-electron chi connectivity index (χ2n) is 5.29. The van der Waals surface area contributed by atoms with Crippen molar-refractivity contribution >= 4 is 5.69 Å². The highest BCUT2D eigenvalue weighted by atomic mass is 19.4. The molecule has 2 saturated heterocycles. The number of benzene rings is 1. The van der Waals surface area contributed by atoms with Gasteiger partial charge in [-0.25, -0.2) is 0 Å². The van der Waals surface area contributed by atoms with Gasteiger partial charge >= 0.3 is 6.36 Å². The molecule has 0 bridgehead atoms. The van der Waals surface area contributed by atoms with Gasteiger partial charge in [-0.2, -0.15) is 0 Å². The van der Waals surface area contributed by atoms with Crippen LogP contribution in [0.25, 0.3) is 0 Å². The van der Waals surface area contributed by atoms with Crippen LogP contribution >= 0.6 is 0 Å². The zero-order chi connectivity index (χ0) is 14.2. The number of fused-ring (bicyclic) bond motifs is 1. The number of hydrogen-bond acceptors (Lipinski definition) is 3. The number of rotatable bonds is 2. The fourth-order valence-corrected chi connectivity index (χ4v) is 3.14. The summed E-state index contributed by atoms with van der Waals surface area (Å²) in [7, 11) is 0. The number of hydrogen-bond donors (Lipinski definition) is 0. The van der Waals surface area contributed by atoms with E-state index in [0.717, 1.165) is 32.6 Å². The SMILES string of the molecule is FC(F)(F)Oc1ccccc1N1CCN2CCCC2C1. The van der Waals surface area contributed by atoms with Gasteiger partial charge in [0.2, 0.25) is 0 Å². The molecule has 110 valence electrons. The van der Waals surface area contributed by atoms with E-state index in [0.29, 0.717) is 11.7 Å². The summed E-state index contributed by atoms with van der Waals surface area (Å²) in [6.07, 6.45) is -2.34. The number of piperazine rings is 1. The Kier molecular flexibility index (Phi) is 3.50. The van der Waals surface area contributed by atoms with Crippen LogP contribution in [0.2, 0.25) is 0 Å². The Bertz CT molecular complexity index is 478. The Labute approximate surface area is 115 Å². The maximum atomic E-state index is 12.5. The first-order valence-corrected chi connectivity index (χ1v) is 6.87. The van der Waals surface area contributed by atoms with Crippen LogP contribution in [-0.4, -0.2) is 43.5 Å². The number of anilines is 1. The Balaban J connectivity index is 1.79. The van der Waals surface area contributed by atoms with Crippen molar-refractivity contribution in [3.05, 3.63) is 24.3 Å². The molecular formula is C14H17F3N2O. The van der Waals surface area contributed by atoms with Crippen LogP contribution in [-0.2, 0) is 0 Å². The Morgan fingerprint density at radius 2 is 1.90 bits per heavy atom. The number of para-hydroxylation sites is 2. The molecule has 2 fully saturated rings. The molecule has 0 saturated carbocycles. The van der Waals surface area contributed by atoms with E-state index in [2.05, 4.69) is 9.64 Å². The van der Waals surface area contributed by atoms with Crippen LogP contribution in [0.3, 0.4) is 0 Å². The molecule has 1 atom stereocenters. The Morgan fingerprint density at radius 3 is 2.70 bits per heavy atom. The molecule has 0 aliphatic carbocycles. The van der Waals surface area contributed by atoms with Crippen molar-refractivity contribution in [2.45, 2.75) is 25.2 Å². The lowest BCUT2D eigenvalue weighted by Crippen LogP contribution is -2.50. The van der Waals surface area contributed by atoms with Gasteiger partial charge in [-0.05, 0) is 31.5 Å². The summed E-state index contributed by atoms with van der Waals surface area (Å²) in [5.74, 6) is -0.105. The van der Waals surface area contributed by atoms with E-state index in [1.54, 1.807) is 18.2 Å². The van der Waals surface area contributed by atoms with E-state index < -0.39 is 6.36 Å². The largest absolute Gasteiger partial charge is 0.573 e. The zero-order valence-electron chi connectivity index (χ0n) is 11.1. The molecule has 2 aliphatic heterocycles. The van der Waals surface area contributed by atoms with Crippen LogP contribution in [0, 0.1) is 0 Å². The quantitative estimate of drug-likeness (QED) is 0.831. The first-order chi connectivity index (χ1) is 9.53. The molecule has 3 rings (SSSR count). The van der Waals surface area contributed by atoms with E-state index in [-0.39, 0.29) is 5.75 Å². The molecule has 20 heavy (non-hydrogen) atoms. The number of alkyl halides is 3. The van der Waals surface area contributed by atoms with E-state index in [1.807, 2.05) is 4.90 Å². The van der Waals surface area contributed by atoms with Crippen molar-refractivity contribution in [3.63, 3.8) is 0 Å². The van der Waals surface area contributed by atoms with Gasteiger partial charge in [-0.1, -0.05) is 12.1 Å². The van der Waals surface area contributed by atoms with E-state index >= 15 is 0 Å². The molecule has 0 radical (unpaired) electrons. The van der Waals surface area contributed by atoms with Crippen molar-refractivity contribution in [1.29, 1.82) is 0 Å². The lowest BCUT2D eigenvalue weighted by molar-refractivity contribution is -0.274. The summed E-state index contributed by atoms with van der Waals surface area (Å²) in [4.78, 5) is 4.43. The predicted octanol–water partition coefficient (Wildman–Crippen LogP) is 2.87. The minimum absolute atomic E-state index is 0.105. The van der Waals surface area contributed by atoms with Crippen LogP contribution in [0.15, 0.2) is 24.3 Å². The van der Waals surface area contributed by atoms with Crippen LogP contribution < -0.4 is 9.64 Å². The van der Waals surface area contributed by atoms with Gasteiger partial charge in [0.05, 0.1) is 5.69 Å². The summed E-state index contributed by atoms with van der Waals surface area (Å²) in [6, 6.07) is 6.86. The van der Waals surface area contributed by atoms with Gasteiger partial charge in [0, 0.05) is 25.7 Å². The Morgan fingerprint density at radius 1 is 1.10 bits per heavy atom. The smallest absolute Gasteiger partial charge is 0.404 e. The van der Waals surface area contributed by atoms with Crippen molar-refractivity contribution in [3.8, 4) is 5.75 Å². The molecule has 1 unspecified atom stereocenters. The molecule has 1 aromatic rings. The lowest BCUT2D eigenvalue weighted by atomic mass is 10.1. The molecule has 0 spiro atoms. The summed E-state index contributed by atoms with van der Waals surface area (Å²) in [5, 5.41) is 0. The topological polar surface area (TPSA) is 15.7 Å². The average Bonchev–Trinajstić information content (AvgIpc) is 2.84. The van der Waals surface area contributed by atoms with Crippen molar-refractivity contribution in [2.75, 3.05) is 31.1 Å². The highest BCUT2D eigenvalue weighted by Crippen LogP contribution is 2.34. The Hall–Kier alpha value is -1.43. The third kappa shape index (κ3) is 2.85. The highest BCUT2D eigenvalue weighted by molar-refractivity contribution is 5.59. The maximum Gasteiger partial charge on any atom is 0.573 e. The molecule has 1 aromatic carbocycles. The van der Waals surface area contributed by atoms with E-state index in [4.69, 9.17) is 0 Å². The number of nitrogens with zero attached hydrogens (tertiary/aromatic N) is 2. The molecule has 2 aliphatic rings. The number of halogens is 3. The van der Waals surface area contributed by atoms with Gasteiger partial charge < -0.3 is 9.64 Å². The standard InChI is InChI=1S/C14H17F3N2O/c15-14(16,17)20-13-6-2-1-5-12(13)19-9-8-18-7-3-4-11(18)10-19/h1-2,5-6,11H,3-4,7-10H2. The van der Waals surface area contributed by atoms with Gasteiger partial charge in [-0.3, -0.25) is 4.90 Å². The maximum absolute atomic E-state index is 12.5. The normalized spacial score (nSPS) is 23.8. The molecule has 6 heteroatoms. The van der Waals surface area contributed by atoms with Crippen LogP contribution in [0.1, 0.15) is 12.8 Å². The van der Waals surface area contributed by atoms with Crippen LogP contribution in [0.5, 0.6) is 5.75 Å². The molecular weight excluding hydrogens is 269 g/mol. The van der Waals surface area contributed by atoms with Crippen LogP contribution in [0.4, 0.5) is 18.9 Å². The molecule has 0 amide bonds. The minimum atomic E-state index is -4.65. The first-order valence-electron chi connectivity index (χ1n) is 6.87. The fraction of sp³-hybridized carbons (Fsp3) is 0.571. The second kappa shape index (κ2) is 5.16. The molecule has 2 heterocycles. The third-order valence-electron chi connectivity index (χ3n) is 4.02. The van der Waals surface area contributed by atoms with E-state index in [9.17, 15) is 13.2 Å². The van der Waals surface area contributed by atoms with Crippen molar-refractivity contribution in [2.24, 2.45) is 0 Å². The summed E-state index contributed by atoms with van der Waals surface area (Å²) in [6.45, 7) is 3.54. The fourth-order valence-electron chi connectivity index (χ4n) is 3.14. The van der Waals surface area contributed by atoms with E-state index in [1.165, 1.54) is 12.5 Å². The highest BCUT2D eigenvalue weighted by Gasteiger charge is 2.35. The zero-order valence-corrected chi connectivity index (χ0v) is 11.1. The van der Waals surface area contributed by atoms with Crippen molar-refractivity contribution < 1.29 is 17.9 Å². The average molecular weight is 286 g/mol. The number of ether oxygens (including phenoxy) is 1. The van der Waals surface area contributed by atoms with Gasteiger partial charge in [0.15, 0.2) is 5.75 Å². The monoisotopic (exact) mass is 286 g/mol. The summed E-state index contributed by atoms with van der Waals surface area (Å²) >= 11 is 0. The third-order valence-corrected chi connectivity index (χ3v) is 4.02. The summed E-state index contributed by atoms with van der Waals surface area (Å²) < 4.78 is 41.5. The second-order valence-corrected chi connectivity index (χ2v) is 5.29. The predicted molar refractivity (Wildman–Crippen MR) is 69.9 cm³/mol. The first kappa shape index (κ1) is 13.5. The van der Waals surface area contributed by atoms with Gasteiger partial charge in [-0.15, -0.1) is 13.2 Å². The minimum Gasteiger partial charge on any atom is -0.404 e. The molecule has 3 nitrogen and oxygen atoms in total. The van der Waals surface area contributed by atoms with Gasteiger partial charge in [0.25, 0.3) is 0 Å². The molecule has 0 N–H and O–H groups in total. The van der Waals surface area contributed by atoms with Gasteiger partial charge in [0.1, 0.15) is 0 Å². The summed E-state index contributed by atoms with van der Waals surface area (Å²) in [5.41, 5.74) is 0.538. The van der Waals surface area contributed by atoms with Crippen molar-refractivity contribution in [1.82, 2.24) is 4.90 Å². The lowest BCUT2D eigenvalue weighted by Gasteiger charge is -2.39. The molecule has 0 aromatic heterocycles.